The van der Waals surface area contributed by atoms with E-state index in [0.717, 1.165) is 0 Å². The van der Waals surface area contributed by atoms with Gasteiger partial charge in [-0.05, 0) is 20.8 Å². The average Bonchev–Trinajstić information content (AvgIpc) is 1.63. The summed E-state index contributed by atoms with van der Waals surface area (Å²) in [4.78, 5) is 0. The first-order chi connectivity index (χ1) is 4.06. The third-order valence-electron chi connectivity index (χ3n) is 0.810. The van der Waals surface area contributed by atoms with E-state index >= 15 is 0 Å². The second kappa shape index (κ2) is 3.47. The zero-order chi connectivity index (χ0) is 7.33. The predicted octanol–water partition coefficient (Wildman–Crippen LogP) is 1.30. The van der Waals surface area contributed by atoms with Crippen molar-refractivity contribution >= 4 is 0 Å². The maximum Gasteiger partial charge on any atom is 0.0635 e. The van der Waals surface area contributed by atoms with Crippen molar-refractivity contribution in [3.63, 3.8) is 0 Å². The van der Waals surface area contributed by atoms with Gasteiger partial charge in [0.1, 0.15) is 0 Å². The Labute approximate surface area is 56.9 Å². The van der Waals surface area contributed by atoms with Gasteiger partial charge in [-0.25, -0.2) is 5.32 Å². The average molecular weight is 125 g/mol. The van der Waals surface area contributed by atoms with Crippen LogP contribution in [0.2, 0.25) is 0 Å². The van der Waals surface area contributed by atoms with Gasteiger partial charge in [-0.3, -0.25) is 0 Å². The fraction of sp³-hybridized carbons (Fsp3) is 0.857. The van der Waals surface area contributed by atoms with Crippen LogP contribution < -0.4 is 5.32 Å². The normalized spacial score (nSPS) is 10.9. The molecule has 0 saturated carbocycles. The molecule has 0 bridgehead atoms. The second-order valence-electron chi connectivity index (χ2n) is 2.96. The van der Waals surface area contributed by atoms with Gasteiger partial charge in [0.15, 0.2) is 0 Å². The van der Waals surface area contributed by atoms with Gasteiger partial charge in [0.2, 0.25) is 0 Å². The molecule has 0 amide bonds. The summed E-state index contributed by atoms with van der Waals surface area (Å²) in [5.41, 5.74) is 0.0247. The first-order valence-electron chi connectivity index (χ1n) is 3.12. The molecule has 0 heterocycles. The minimum Gasteiger partial charge on any atom is -0.235 e. The Bertz CT molecular complexity index is 105. The highest BCUT2D eigenvalue weighted by Gasteiger charge is 2.08. The molecular weight excluding hydrogens is 112 g/mol. The molecule has 0 fully saturated rings. The summed E-state index contributed by atoms with van der Waals surface area (Å²) in [5.74, 6) is 0. The van der Waals surface area contributed by atoms with Gasteiger partial charge in [-0.15, -0.1) is 0 Å². The van der Waals surface area contributed by atoms with Gasteiger partial charge in [-0.1, -0.05) is 0 Å². The Morgan fingerprint density at radius 3 is 2.33 bits per heavy atom. The van der Waals surface area contributed by atoms with Crippen molar-refractivity contribution in [2.45, 2.75) is 32.7 Å². The Kier molecular flexibility index (Phi) is 3.26. The molecule has 9 heavy (non-hydrogen) atoms. The summed E-state index contributed by atoms with van der Waals surface area (Å²) in [6.45, 7) is 6.76. The number of hydrogen-bond acceptors (Lipinski definition) is 1. The minimum absolute atomic E-state index is 0.0247. The van der Waals surface area contributed by atoms with E-state index in [2.05, 4.69) is 5.32 Å². The zero-order valence-corrected chi connectivity index (χ0v) is 6.31. The second-order valence-corrected chi connectivity index (χ2v) is 2.96. The topological polar surface area (TPSA) is 37.9 Å². The molecule has 0 rings (SSSR count). The van der Waals surface area contributed by atoms with Crippen LogP contribution in [0.25, 0.3) is 0 Å². The van der Waals surface area contributed by atoms with Crippen molar-refractivity contribution in [2.24, 2.45) is 0 Å². The summed E-state index contributed by atoms with van der Waals surface area (Å²) in [5, 5.41) is 12.4. The molecule has 1 radical (unpaired) electrons. The van der Waals surface area contributed by atoms with Crippen LogP contribution in [0.5, 0.6) is 0 Å². The number of hydrogen-bond donors (Lipinski definition) is 0. The van der Waals surface area contributed by atoms with Crippen LogP contribution in [0.1, 0.15) is 27.2 Å². The highest BCUT2D eigenvalue weighted by atomic mass is 14.9. The molecule has 51 valence electrons. The van der Waals surface area contributed by atoms with Gasteiger partial charge in [0.05, 0.1) is 6.07 Å². The highest BCUT2D eigenvalue weighted by Crippen LogP contribution is 1.99. The van der Waals surface area contributed by atoms with Gasteiger partial charge < -0.3 is 0 Å². The van der Waals surface area contributed by atoms with Gasteiger partial charge in [-0.2, -0.15) is 5.26 Å². The molecule has 2 nitrogen and oxygen atoms in total. The zero-order valence-electron chi connectivity index (χ0n) is 6.31. The first-order valence-corrected chi connectivity index (χ1v) is 3.12. The third kappa shape index (κ3) is 7.45. The van der Waals surface area contributed by atoms with E-state index in [0.29, 0.717) is 13.0 Å². The first kappa shape index (κ1) is 8.45. The van der Waals surface area contributed by atoms with E-state index in [1.807, 2.05) is 26.8 Å². The van der Waals surface area contributed by atoms with Crippen molar-refractivity contribution in [3.05, 3.63) is 0 Å². The molecule has 0 aromatic carbocycles. The highest BCUT2D eigenvalue weighted by molar-refractivity contribution is 4.75. The lowest BCUT2D eigenvalue weighted by Crippen LogP contribution is -2.29. The lowest BCUT2D eigenvalue weighted by Gasteiger charge is -2.16. The van der Waals surface area contributed by atoms with E-state index in [-0.39, 0.29) is 5.54 Å². The third-order valence-corrected chi connectivity index (χ3v) is 0.810. The van der Waals surface area contributed by atoms with E-state index in [9.17, 15) is 0 Å². The molecule has 0 saturated heterocycles. The summed E-state index contributed by atoms with van der Waals surface area (Å²) < 4.78 is 0. The predicted molar refractivity (Wildman–Crippen MR) is 37.0 cm³/mol. The van der Waals surface area contributed by atoms with Crippen molar-refractivity contribution in [3.8, 4) is 6.07 Å². The summed E-state index contributed by atoms with van der Waals surface area (Å²) >= 11 is 0. The molecule has 0 atom stereocenters. The van der Waals surface area contributed by atoms with E-state index in [4.69, 9.17) is 5.26 Å². The molecule has 0 aromatic rings. The van der Waals surface area contributed by atoms with Crippen LogP contribution in [0.3, 0.4) is 0 Å². The smallest absolute Gasteiger partial charge is 0.0635 e. The van der Waals surface area contributed by atoms with Crippen LogP contribution in [0, 0.1) is 11.3 Å². The maximum absolute atomic E-state index is 8.15. The fourth-order valence-electron chi connectivity index (χ4n) is 0.441. The van der Waals surface area contributed by atoms with Crippen molar-refractivity contribution in [1.82, 2.24) is 5.32 Å². The van der Waals surface area contributed by atoms with Crippen molar-refractivity contribution in [1.29, 1.82) is 5.26 Å². The molecule has 0 aliphatic rings. The standard InChI is InChI=1S/C7H13N2/c1-7(2,3)9-6-4-5-8/h4,6H2,1-3H3. The quantitative estimate of drug-likeness (QED) is 0.512. The number of rotatable bonds is 2. The molecule has 0 aliphatic heterocycles. The summed E-state index contributed by atoms with van der Waals surface area (Å²) in [7, 11) is 0. The van der Waals surface area contributed by atoms with Crippen LogP contribution in [0.15, 0.2) is 0 Å². The van der Waals surface area contributed by atoms with E-state index in [1.54, 1.807) is 0 Å². The fourth-order valence-corrected chi connectivity index (χ4v) is 0.441. The molecule has 0 N–H and O–H groups in total. The molecule has 0 aromatic heterocycles. The largest absolute Gasteiger partial charge is 0.235 e. The molecular formula is C7H13N2. The summed E-state index contributed by atoms with van der Waals surface area (Å²) in [6.07, 6.45) is 0.539. The minimum atomic E-state index is 0.0247. The Morgan fingerprint density at radius 1 is 1.44 bits per heavy atom. The Balaban J connectivity index is 3.20. The van der Waals surface area contributed by atoms with Crippen molar-refractivity contribution < 1.29 is 0 Å². The lowest BCUT2D eigenvalue weighted by atomic mass is 10.1. The molecule has 0 aliphatic carbocycles. The lowest BCUT2D eigenvalue weighted by molar-refractivity contribution is 0.422. The van der Waals surface area contributed by atoms with E-state index < -0.39 is 0 Å². The van der Waals surface area contributed by atoms with Crippen LogP contribution in [0.4, 0.5) is 0 Å². The Hall–Kier alpha value is -0.550. The van der Waals surface area contributed by atoms with Gasteiger partial charge >= 0.3 is 0 Å². The Morgan fingerprint density at radius 2 is 2.00 bits per heavy atom. The van der Waals surface area contributed by atoms with E-state index in [1.165, 1.54) is 0 Å². The van der Waals surface area contributed by atoms with Crippen LogP contribution in [-0.4, -0.2) is 12.1 Å². The SMILES string of the molecule is CC(C)(C)[N]CCC#N. The van der Waals surface area contributed by atoms with Gasteiger partial charge in [0, 0.05) is 18.5 Å². The van der Waals surface area contributed by atoms with Crippen LogP contribution >= 0.6 is 0 Å². The monoisotopic (exact) mass is 125 g/mol. The molecule has 0 spiro atoms. The molecule has 0 unspecified atom stereocenters. The molecule has 2 heteroatoms. The van der Waals surface area contributed by atoms with Crippen LogP contribution in [-0.2, 0) is 0 Å². The number of nitrogens with zero attached hydrogens (tertiary/aromatic N) is 2. The summed E-state index contributed by atoms with van der Waals surface area (Å²) in [6, 6.07) is 2.05. The van der Waals surface area contributed by atoms with Gasteiger partial charge in [0.25, 0.3) is 0 Å². The maximum atomic E-state index is 8.15. The van der Waals surface area contributed by atoms with Crippen molar-refractivity contribution in [2.75, 3.05) is 6.54 Å². The number of nitriles is 1.